The Morgan fingerprint density at radius 1 is 0.950 bits per heavy atom. The fraction of sp³-hybridized carbons (Fsp3) is 0.300. The van der Waals surface area contributed by atoms with Crippen LogP contribution >= 0.6 is 0 Å². The lowest BCUT2D eigenvalue weighted by molar-refractivity contribution is 1.20. The third kappa shape index (κ3) is 16.2. The van der Waals surface area contributed by atoms with E-state index in [-0.39, 0.29) is 0 Å². The lowest BCUT2D eigenvalue weighted by Gasteiger charge is -2.00. The minimum atomic E-state index is 0.927. The summed E-state index contributed by atoms with van der Waals surface area (Å²) in [6, 6.07) is 10.3. The van der Waals surface area contributed by atoms with Crippen LogP contribution in [0, 0.1) is 0 Å². The van der Waals surface area contributed by atoms with Crippen molar-refractivity contribution in [1.29, 1.82) is 0 Å². The van der Waals surface area contributed by atoms with E-state index in [9.17, 15) is 0 Å². The molecule has 0 N–H and O–H groups in total. The van der Waals surface area contributed by atoms with Gasteiger partial charge in [0.2, 0.25) is 0 Å². The summed E-state index contributed by atoms with van der Waals surface area (Å²) in [5, 5.41) is 0. The van der Waals surface area contributed by atoms with Gasteiger partial charge in [0.15, 0.2) is 0 Å². The van der Waals surface area contributed by atoms with Crippen molar-refractivity contribution in [1.82, 2.24) is 0 Å². The second-order valence-electron chi connectivity index (χ2n) is 3.25. The molecule has 0 heterocycles. The van der Waals surface area contributed by atoms with Crippen molar-refractivity contribution >= 4 is 0 Å². The summed E-state index contributed by atoms with van der Waals surface area (Å²) < 4.78 is 0. The van der Waals surface area contributed by atoms with Crippen LogP contribution < -0.4 is 0 Å². The van der Waals surface area contributed by atoms with Crippen molar-refractivity contribution in [2.24, 2.45) is 0 Å². The average Bonchev–Trinajstić information content (AvgIpc) is 2.52. The Kier molecular flexibility index (Phi) is 26.0. The molecule has 1 aromatic rings. The highest BCUT2D eigenvalue weighted by Gasteiger charge is 1.92. The molecule has 0 amide bonds. The van der Waals surface area contributed by atoms with Crippen LogP contribution in [-0.4, -0.2) is 0 Å². The van der Waals surface area contributed by atoms with E-state index in [1.807, 2.05) is 65.0 Å². The molecule has 0 bridgehead atoms. The van der Waals surface area contributed by atoms with Gasteiger partial charge in [0.1, 0.15) is 0 Å². The summed E-state index contributed by atoms with van der Waals surface area (Å²) in [5.74, 6) is 0. The predicted octanol–water partition coefficient (Wildman–Crippen LogP) is 6.77. The van der Waals surface area contributed by atoms with Gasteiger partial charge in [-0.25, -0.2) is 0 Å². The third-order valence-electron chi connectivity index (χ3n) is 1.85. The first kappa shape index (κ1) is 23.3. The van der Waals surface area contributed by atoms with E-state index in [0.717, 1.165) is 6.42 Å². The highest BCUT2D eigenvalue weighted by molar-refractivity contribution is 5.29. The van der Waals surface area contributed by atoms with E-state index in [2.05, 4.69) is 31.9 Å². The third-order valence-corrected chi connectivity index (χ3v) is 1.85. The smallest absolute Gasteiger partial charge is 0.00260 e. The molecule has 112 valence electrons. The maximum absolute atomic E-state index is 3.76. The van der Waals surface area contributed by atoms with Crippen molar-refractivity contribution in [3.05, 3.63) is 85.5 Å². The minimum absolute atomic E-state index is 0.927. The van der Waals surface area contributed by atoms with Crippen molar-refractivity contribution in [3.63, 3.8) is 0 Å². The molecule has 0 aliphatic heterocycles. The van der Waals surface area contributed by atoms with E-state index >= 15 is 0 Å². The molecule has 0 saturated heterocycles. The average molecular weight is 272 g/mol. The van der Waals surface area contributed by atoms with Gasteiger partial charge in [0.25, 0.3) is 0 Å². The normalized spacial score (nSPS) is 8.35. The highest BCUT2D eigenvalue weighted by atomic mass is 14.0. The zero-order valence-electron chi connectivity index (χ0n) is 14.0. The second-order valence-corrected chi connectivity index (χ2v) is 3.25. The fourth-order valence-corrected chi connectivity index (χ4v) is 1.18. The molecule has 0 atom stereocenters. The zero-order chi connectivity index (χ0) is 16.2. The first-order chi connectivity index (χ1) is 9.78. The van der Waals surface area contributed by atoms with E-state index < -0.39 is 0 Å². The largest absolute Gasteiger partial charge is 0.103 e. The van der Waals surface area contributed by atoms with Gasteiger partial charge >= 0.3 is 0 Å². The maximum Gasteiger partial charge on any atom is -0.00260 e. The summed E-state index contributed by atoms with van der Waals surface area (Å²) >= 11 is 0. The molecule has 1 aromatic carbocycles. The van der Waals surface area contributed by atoms with E-state index in [1.165, 1.54) is 11.1 Å². The molecule has 0 fully saturated rings. The van der Waals surface area contributed by atoms with Crippen molar-refractivity contribution in [2.45, 2.75) is 41.0 Å². The Morgan fingerprint density at radius 3 is 1.75 bits per heavy atom. The standard InChI is InChI=1S/C13H14.C3H6.2C2H6/c1-3-8-12(4-2)11-13-9-6-5-7-10-13;1-3-2;2*1-2/h3-10H,1-2,11H2;3H,1H2,2H3;2*1-2H3/b12-8+;;;. The molecular weight excluding hydrogens is 240 g/mol. The Morgan fingerprint density at radius 2 is 1.40 bits per heavy atom. The molecule has 0 nitrogen and oxygen atoms in total. The van der Waals surface area contributed by atoms with Crippen molar-refractivity contribution in [3.8, 4) is 0 Å². The van der Waals surface area contributed by atoms with Gasteiger partial charge in [0, 0.05) is 0 Å². The van der Waals surface area contributed by atoms with Gasteiger partial charge in [0.05, 0.1) is 0 Å². The number of rotatable bonds is 4. The van der Waals surface area contributed by atoms with Crippen LogP contribution in [0.4, 0.5) is 0 Å². The molecule has 1 rings (SSSR count). The molecule has 0 aromatic heterocycles. The van der Waals surface area contributed by atoms with Crippen molar-refractivity contribution < 1.29 is 0 Å². The number of hydrogen-bond donors (Lipinski definition) is 0. The van der Waals surface area contributed by atoms with E-state index in [4.69, 9.17) is 0 Å². The lowest BCUT2D eigenvalue weighted by Crippen LogP contribution is -1.86. The van der Waals surface area contributed by atoms with Crippen molar-refractivity contribution in [2.75, 3.05) is 0 Å². The van der Waals surface area contributed by atoms with E-state index in [1.54, 1.807) is 12.2 Å². The molecule has 0 aliphatic carbocycles. The van der Waals surface area contributed by atoms with Crippen LogP contribution in [0.3, 0.4) is 0 Å². The monoisotopic (exact) mass is 272 g/mol. The van der Waals surface area contributed by atoms with Gasteiger partial charge in [-0.1, -0.05) is 95.5 Å². The van der Waals surface area contributed by atoms with Crippen LogP contribution in [-0.2, 0) is 6.42 Å². The molecule has 20 heavy (non-hydrogen) atoms. The topological polar surface area (TPSA) is 0 Å². The van der Waals surface area contributed by atoms with Crippen LogP contribution in [0.25, 0.3) is 0 Å². The first-order valence-electron chi connectivity index (χ1n) is 7.33. The molecule has 0 spiro atoms. The number of hydrogen-bond acceptors (Lipinski definition) is 0. The first-order valence-corrected chi connectivity index (χ1v) is 7.33. The molecular formula is C20H32. The van der Waals surface area contributed by atoms with Gasteiger partial charge in [-0.2, -0.15) is 0 Å². The SMILES string of the molecule is C=C/C=C(\C=C)Cc1ccccc1.C=CC.CC.CC. The Bertz CT molecular complexity index is 342. The molecule has 0 saturated carbocycles. The molecule has 0 aliphatic rings. The number of allylic oxidation sites excluding steroid dienone is 5. The van der Waals surface area contributed by atoms with Gasteiger partial charge in [-0.3, -0.25) is 0 Å². The zero-order valence-corrected chi connectivity index (χ0v) is 14.0. The van der Waals surface area contributed by atoms with E-state index in [0.29, 0.717) is 0 Å². The van der Waals surface area contributed by atoms with Crippen LogP contribution in [0.2, 0.25) is 0 Å². The highest BCUT2D eigenvalue weighted by Crippen LogP contribution is 2.08. The predicted molar refractivity (Wildman–Crippen MR) is 97.2 cm³/mol. The molecule has 0 heteroatoms. The van der Waals surface area contributed by atoms with Gasteiger partial charge in [-0.05, 0) is 24.5 Å². The maximum atomic E-state index is 3.76. The summed E-state index contributed by atoms with van der Waals surface area (Å²) in [5.41, 5.74) is 2.50. The summed E-state index contributed by atoms with van der Waals surface area (Å²) in [6.45, 7) is 20.7. The fourth-order valence-electron chi connectivity index (χ4n) is 1.18. The summed E-state index contributed by atoms with van der Waals surface area (Å²) in [6.07, 6.45) is 8.32. The van der Waals surface area contributed by atoms with Gasteiger partial charge in [-0.15, -0.1) is 6.58 Å². The second kappa shape index (κ2) is 22.4. The van der Waals surface area contributed by atoms with Crippen LogP contribution in [0.15, 0.2) is 79.9 Å². The number of benzene rings is 1. The quantitative estimate of drug-likeness (QED) is 0.419. The molecule has 0 unspecified atom stereocenters. The summed E-state index contributed by atoms with van der Waals surface area (Å²) in [4.78, 5) is 0. The molecule has 0 radical (unpaired) electrons. The Labute approximate surface area is 127 Å². The Hall–Kier alpha value is -1.82. The van der Waals surface area contributed by atoms with Gasteiger partial charge < -0.3 is 0 Å². The Balaban J connectivity index is -0.000000355. The van der Waals surface area contributed by atoms with Crippen LogP contribution in [0.1, 0.15) is 40.2 Å². The summed E-state index contributed by atoms with van der Waals surface area (Å²) in [7, 11) is 0. The lowest BCUT2D eigenvalue weighted by atomic mass is 10.1. The van der Waals surface area contributed by atoms with Crippen LogP contribution in [0.5, 0.6) is 0 Å². The minimum Gasteiger partial charge on any atom is -0.103 e.